The van der Waals surface area contributed by atoms with Crippen molar-refractivity contribution in [2.24, 2.45) is 0 Å². The molecule has 0 spiro atoms. The SMILES string of the molecule is CCCNC(CCN(CC)CC)Cc1ccccc1Br. The summed E-state index contributed by atoms with van der Waals surface area (Å²) in [5.41, 5.74) is 1.40. The van der Waals surface area contributed by atoms with E-state index in [1.54, 1.807) is 0 Å². The molecule has 1 unspecified atom stereocenters. The van der Waals surface area contributed by atoms with Crippen LogP contribution in [-0.2, 0) is 6.42 Å². The monoisotopic (exact) mass is 340 g/mol. The lowest BCUT2D eigenvalue weighted by Crippen LogP contribution is -2.36. The van der Waals surface area contributed by atoms with E-state index >= 15 is 0 Å². The van der Waals surface area contributed by atoms with Crippen LogP contribution in [-0.4, -0.2) is 37.1 Å². The average Bonchev–Trinajstić information content (AvgIpc) is 2.47. The smallest absolute Gasteiger partial charge is 0.0207 e. The molecule has 0 amide bonds. The highest BCUT2D eigenvalue weighted by atomic mass is 79.9. The first-order valence-electron chi connectivity index (χ1n) is 7.90. The van der Waals surface area contributed by atoms with Crippen molar-refractivity contribution in [1.82, 2.24) is 10.2 Å². The highest BCUT2D eigenvalue weighted by molar-refractivity contribution is 9.10. The van der Waals surface area contributed by atoms with Gasteiger partial charge in [0.25, 0.3) is 0 Å². The largest absolute Gasteiger partial charge is 0.314 e. The molecule has 1 aromatic rings. The lowest BCUT2D eigenvalue weighted by Gasteiger charge is -2.24. The third-order valence-electron chi connectivity index (χ3n) is 3.80. The van der Waals surface area contributed by atoms with Gasteiger partial charge in [-0.25, -0.2) is 0 Å². The number of hydrogen-bond acceptors (Lipinski definition) is 2. The van der Waals surface area contributed by atoms with E-state index in [1.165, 1.54) is 29.4 Å². The van der Waals surface area contributed by atoms with Crippen LogP contribution in [0.2, 0.25) is 0 Å². The van der Waals surface area contributed by atoms with Gasteiger partial charge in [-0.2, -0.15) is 0 Å². The molecule has 1 N–H and O–H groups in total. The van der Waals surface area contributed by atoms with Crippen LogP contribution >= 0.6 is 15.9 Å². The van der Waals surface area contributed by atoms with E-state index in [4.69, 9.17) is 0 Å². The number of hydrogen-bond donors (Lipinski definition) is 1. The molecule has 0 aliphatic rings. The van der Waals surface area contributed by atoms with Gasteiger partial charge in [0.05, 0.1) is 0 Å². The summed E-state index contributed by atoms with van der Waals surface area (Å²) in [6.45, 7) is 11.3. The molecule has 1 rings (SSSR count). The first kappa shape index (κ1) is 17.7. The Morgan fingerprint density at radius 3 is 2.45 bits per heavy atom. The van der Waals surface area contributed by atoms with E-state index in [0.717, 1.165) is 26.1 Å². The van der Waals surface area contributed by atoms with E-state index in [0.29, 0.717) is 6.04 Å². The molecule has 0 aliphatic carbocycles. The highest BCUT2D eigenvalue weighted by Crippen LogP contribution is 2.18. The van der Waals surface area contributed by atoms with Crippen molar-refractivity contribution in [3.05, 3.63) is 34.3 Å². The number of halogens is 1. The van der Waals surface area contributed by atoms with Crippen molar-refractivity contribution in [3.8, 4) is 0 Å². The van der Waals surface area contributed by atoms with E-state index in [-0.39, 0.29) is 0 Å². The molecule has 114 valence electrons. The van der Waals surface area contributed by atoms with Gasteiger partial charge in [0.1, 0.15) is 0 Å². The summed E-state index contributed by atoms with van der Waals surface area (Å²) >= 11 is 3.66. The Kier molecular flexibility index (Phi) is 9.16. The third kappa shape index (κ3) is 6.38. The summed E-state index contributed by atoms with van der Waals surface area (Å²) in [5, 5.41) is 3.70. The van der Waals surface area contributed by atoms with E-state index in [9.17, 15) is 0 Å². The summed E-state index contributed by atoms with van der Waals surface area (Å²) < 4.78 is 1.23. The van der Waals surface area contributed by atoms with Gasteiger partial charge < -0.3 is 10.2 Å². The van der Waals surface area contributed by atoms with Crippen molar-refractivity contribution in [2.75, 3.05) is 26.2 Å². The number of benzene rings is 1. The third-order valence-corrected chi connectivity index (χ3v) is 4.57. The van der Waals surface area contributed by atoms with Crippen molar-refractivity contribution < 1.29 is 0 Å². The molecule has 2 nitrogen and oxygen atoms in total. The summed E-state index contributed by atoms with van der Waals surface area (Å²) in [5.74, 6) is 0. The zero-order valence-electron chi connectivity index (χ0n) is 13.2. The second kappa shape index (κ2) is 10.4. The number of nitrogens with one attached hydrogen (secondary N) is 1. The number of nitrogens with zero attached hydrogens (tertiary/aromatic N) is 1. The molecule has 0 saturated heterocycles. The Hall–Kier alpha value is -0.380. The van der Waals surface area contributed by atoms with Crippen molar-refractivity contribution in [1.29, 1.82) is 0 Å². The van der Waals surface area contributed by atoms with Crippen molar-refractivity contribution >= 4 is 15.9 Å². The van der Waals surface area contributed by atoms with E-state index in [2.05, 4.69) is 71.2 Å². The fourth-order valence-electron chi connectivity index (χ4n) is 2.43. The first-order valence-corrected chi connectivity index (χ1v) is 8.69. The van der Waals surface area contributed by atoms with Gasteiger partial charge in [-0.1, -0.05) is 54.9 Å². The predicted molar refractivity (Wildman–Crippen MR) is 92.3 cm³/mol. The minimum absolute atomic E-state index is 0.564. The summed E-state index contributed by atoms with van der Waals surface area (Å²) in [6, 6.07) is 9.13. The molecule has 3 heteroatoms. The predicted octanol–water partition coefficient (Wildman–Crippen LogP) is 4.09. The second-order valence-electron chi connectivity index (χ2n) is 5.26. The average molecular weight is 341 g/mol. The maximum absolute atomic E-state index is 3.70. The summed E-state index contributed by atoms with van der Waals surface area (Å²) in [4.78, 5) is 2.50. The van der Waals surface area contributed by atoms with Crippen LogP contribution in [0.4, 0.5) is 0 Å². The Morgan fingerprint density at radius 1 is 1.15 bits per heavy atom. The van der Waals surface area contributed by atoms with Crippen LogP contribution < -0.4 is 5.32 Å². The zero-order valence-corrected chi connectivity index (χ0v) is 14.7. The van der Waals surface area contributed by atoms with Gasteiger partial charge in [-0.3, -0.25) is 0 Å². The van der Waals surface area contributed by atoms with E-state index < -0.39 is 0 Å². The lowest BCUT2D eigenvalue weighted by atomic mass is 10.0. The topological polar surface area (TPSA) is 15.3 Å². The summed E-state index contributed by atoms with van der Waals surface area (Å²) in [6.07, 6.45) is 3.50. The first-order chi connectivity index (χ1) is 9.71. The van der Waals surface area contributed by atoms with Gasteiger partial charge in [0.2, 0.25) is 0 Å². The van der Waals surface area contributed by atoms with Crippen LogP contribution in [0.15, 0.2) is 28.7 Å². The van der Waals surface area contributed by atoms with Crippen LogP contribution in [0.1, 0.15) is 39.2 Å². The fraction of sp³-hybridized carbons (Fsp3) is 0.647. The zero-order chi connectivity index (χ0) is 14.8. The molecule has 20 heavy (non-hydrogen) atoms. The lowest BCUT2D eigenvalue weighted by molar-refractivity contribution is 0.280. The van der Waals surface area contributed by atoms with Gasteiger partial charge in [0, 0.05) is 10.5 Å². The standard InChI is InChI=1S/C17H29BrN2/c1-4-12-19-16(11-13-20(5-2)6-3)14-15-9-7-8-10-17(15)18/h7-10,16,19H,4-6,11-14H2,1-3H3. The Bertz CT molecular complexity index is 364. The maximum Gasteiger partial charge on any atom is 0.0207 e. The minimum atomic E-state index is 0.564. The molecule has 1 atom stereocenters. The second-order valence-corrected chi connectivity index (χ2v) is 6.12. The highest BCUT2D eigenvalue weighted by Gasteiger charge is 2.12. The van der Waals surface area contributed by atoms with Crippen LogP contribution in [0.3, 0.4) is 0 Å². The maximum atomic E-state index is 3.70. The van der Waals surface area contributed by atoms with Gasteiger partial charge in [-0.15, -0.1) is 0 Å². The summed E-state index contributed by atoms with van der Waals surface area (Å²) in [7, 11) is 0. The molecule has 0 aliphatic heterocycles. The molecule has 0 heterocycles. The molecule has 0 aromatic heterocycles. The van der Waals surface area contributed by atoms with Crippen LogP contribution in [0.25, 0.3) is 0 Å². The minimum Gasteiger partial charge on any atom is -0.314 e. The Labute approximate surface area is 133 Å². The van der Waals surface area contributed by atoms with Crippen molar-refractivity contribution in [2.45, 2.75) is 46.1 Å². The van der Waals surface area contributed by atoms with Crippen molar-refractivity contribution in [3.63, 3.8) is 0 Å². The van der Waals surface area contributed by atoms with Gasteiger partial charge in [-0.05, 0) is 57.1 Å². The van der Waals surface area contributed by atoms with Gasteiger partial charge >= 0.3 is 0 Å². The molecule has 0 saturated carbocycles. The molecule has 0 bridgehead atoms. The molecule has 0 radical (unpaired) electrons. The Balaban J connectivity index is 2.57. The molecular formula is C17H29BrN2. The van der Waals surface area contributed by atoms with Crippen LogP contribution in [0.5, 0.6) is 0 Å². The fourth-order valence-corrected chi connectivity index (χ4v) is 2.88. The van der Waals surface area contributed by atoms with Gasteiger partial charge in [0.15, 0.2) is 0 Å². The molecule has 0 fully saturated rings. The molecule has 1 aromatic carbocycles. The Morgan fingerprint density at radius 2 is 1.85 bits per heavy atom. The number of rotatable bonds is 10. The quantitative estimate of drug-likeness (QED) is 0.689. The van der Waals surface area contributed by atoms with E-state index in [1.807, 2.05) is 0 Å². The normalized spacial score (nSPS) is 12.8. The van der Waals surface area contributed by atoms with Crippen LogP contribution in [0, 0.1) is 0 Å². The molecular weight excluding hydrogens is 312 g/mol.